The van der Waals surface area contributed by atoms with Gasteiger partial charge in [-0.2, -0.15) is 0 Å². The fourth-order valence-corrected chi connectivity index (χ4v) is 4.07. The van der Waals surface area contributed by atoms with Crippen molar-refractivity contribution in [2.45, 2.75) is 38.6 Å². The summed E-state index contributed by atoms with van der Waals surface area (Å²) in [6.45, 7) is 7.11. The molecule has 0 radical (unpaired) electrons. The molecule has 0 bridgehead atoms. The Kier molecular flexibility index (Phi) is 9.02. The molecule has 2 saturated heterocycles. The molecule has 0 amide bonds. The Morgan fingerprint density at radius 3 is 2.69 bits per heavy atom. The molecule has 1 atom stereocenters. The van der Waals surface area contributed by atoms with Gasteiger partial charge in [-0.1, -0.05) is 18.9 Å². The lowest BCUT2D eigenvalue weighted by Crippen LogP contribution is -2.39. The molecule has 0 aromatic carbocycles. The molecule has 1 unspecified atom stereocenters. The van der Waals surface area contributed by atoms with Crippen molar-refractivity contribution < 1.29 is 9.47 Å². The number of rotatable bonds is 8. The molecule has 1 aromatic heterocycles. The maximum Gasteiger partial charge on any atom is 0.193 e. The third-order valence-corrected chi connectivity index (χ3v) is 5.77. The Hall–Kier alpha value is -1.86. The van der Waals surface area contributed by atoms with Crippen LogP contribution in [0.2, 0.25) is 0 Å². The van der Waals surface area contributed by atoms with Crippen LogP contribution in [0.4, 0.5) is 5.82 Å². The first-order valence-electron chi connectivity index (χ1n) is 11.0. The number of aromatic nitrogens is 1. The summed E-state index contributed by atoms with van der Waals surface area (Å²) in [5.74, 6) is 2.62. The summed E-state index contributed by atoms with van der Waals surface area (Å²) in [7, 11) is 3.56. The van der Waals surface area contributed by atoms with E-state index < -0.39 is 0 Å². The lowest BCUT2D eigenvalue weighted by Gasteiger charge is -2.23. The van der Waals surface area contributed by atoms with Crippen molar-refractivity contribution in [1.29, 1.82) is 0 Å². The summed E-state index contributed by atoms with van der Waals surface area (Å²) < 4.78 is 10.7. The van der Waals surface area contributed by atoms with Crippen LogP contribution in [0, 0.1) is 5.92 Å². The first-order chi connectivity index (χ1) is 14.3. The number of hydrogen-bond donors (Lipinski definition) is 1. The van der Waals surface area contributed by atoms with Crippen LogP contribution in [-0.4, -0.2) is 76.0 Å². The van der Waals surface area contributed by atoms with Crippen molar-refractivity contribution in [1.82, 2.24) is 15.2 Å². The number of anilines is 1. The van der Waals surface area contributed by atoms with Gasteiger partial charge in [-0.05, 0) is 30.9 Å². The minimum Gasteiger partial charge on any atom is -0.382 e. The summed E-state index contributed by atoms with van der Waals surface area (Å²) in [6.07, 6.45) is 8.37. The molecule has 1 N–H and O–H groups in total. The molecule has 7 nitrogen and oxygen atoms in total. The first kappa shape index (κ1) is 21.8. The molecule has 3 heterocycles. The van der Waals surface area contributed by atoms with E-state index in [0.717, 1.165) is 57.5 Å². The third-order valence-electron chi connectivity index (χ3n) is 5.77. The first-order valence-corrected chi connectivity index (χ1v) is 11.0. The lowest BCUT2D eigenvalue weighted by molar-refractivity contribution is 0.0536. The number of hydrogen-bond acceptors (Lipinski definition) is 5. The van der Waals surface area contributed by atoms with Crippen molar-refractivity contribution in [3.63, 3.8) is 0 Å². The average molecular weight is 404 g/mol. The number of pyridine rings is 1. The number of likely N-dealkylation sites (tertiary alicyclic amines) is 1. The van der Waals surface area contributed by atoms with Crippen molar-refractivity contribution in [3.8, 4) is 0 Å². The zero-order valence-electron chi connectivity index (χ0n) is 18.1. The van der Waals surface area contributed by atoms with Gasteiger partial charge >= 0.3 is 0 Å². The molecule has 2 fully saturated rings. The molecule has 162 valence electrons. The highest BCUT2D eigenvalue weighted by molar-refractivity contribution is 5.80. The van der Waals surface area contributed by atoms with E-state index in [4.69, 9.17) is 14.5 Å². The Morgan fingerprint density at radius 2 is 2.00 bits per heavy atom. The second-order valence-corrected chi connectivity index (χ2v) is 8.00. The number of guanidine groups is 1. The molecule has 29 heavy (non-hydrogen) atoms. The molecule has 2 aliphatic heterocycles. The molecule has 3 rings (SSSR count). The van der Waals surface area contributed by atoms with Gasteiger partial charge in [-0.25, -0.2) is 4.98 Å². The quantitative estimate of drug-likeness (QED) is 0.409. The van der Waals surface area contributed by atoms with E-state index in [1.54, 1.807) is 7.11 Å². The summed E-state index contributed by atoms with van der Waals surface area (Å²) in [5.41, 5.74) is 1.18. The maximum atomic E-state index is 5.69. The highest BCUT2D eigenvalue weighted by Crippen LogP contribution is 2.18. The van der Waals surface area contributed by atoms with E-state index in [1.165, 1.54) is 31.2 Å². The predicted molar refractivity (Wildman–Crippen MR) is 117 cm³/mol. The van der Waals surface area contributed by atoms with Gasteiger partial charge in [0.2, 0.25) is 0 Å². The highest BCUT2D eigenvalue weighted by Gasteiger charge is 2.24. The topological polar surface area (TPSA) is 62.2 Å². The fraction of sp³-hybridized carbons (Fsp3) is 0.727. The number of aliphatic imine (C=N–C) groups is 1. The average Bonchev–Trinajstić information content (AvgIpc) is 3.05. The number of nitrogens with one attached hydrogen (secondary N) is 1. The van der Waals surface area contributed by atoms with Crippen LogP contribution >= 0.6 is 0 Å². The van der Waals surface area contributed by atoms with Gasteiger partial charge in [-0.3, -0.25) is 4.99 Å². The lowest BCUT2D eigenvalue weighted by atomic mass is 10.1. The minimum atomic E-state index is 0.556. The summed E-state index contributed by atoms with van der Waals surface area (Å²) in [4.78, 5) is 13.9. The van der Waals surface area contributed by atoms with E-state index in [2.05, 4.69) is 32.2 Å². The largest absolute Gasteiger partial charge is 0.382 e. The van der Waals surface area contributed by atoms with E-state index >= 15 is 0 Å². The van der Waals surface area contributed by atoms with Gasteiger partial charge in [0.05, 0.1) is 19.8 Å². The van der Waals surface area contributed by atoms with Gasteiger partial charge in [0.25, 0.3) is 0 Å². The molecular formula is C22H37N5O2. The minimum absolute atomic E-state index is 0.556. The van der Waals surface area contributed by atoms with Crippen LogP contribution in [0.15, 0.2) is 23.3 Å². The van der Waals surface area contributed by atoms with Crippen molar-refractivity contribution in [2.75, 3.05) is 65.1 Å². The van der Waals surface area contributed by atoms with Crippen molar-refractivity contribution in [2.24, 2.45) is 10.9 Å². The summed E-state index contributed by atoms with van der Waals surface area (Å²) in [6, 6.07) is 4.35. The number of ether oxygens (including phenoxy) is 2. The van der Waals surface area contributed by atoms with E-state index in [9.17, 15) is 0 Å². The predicted octanol–water partition coefficient (Wildman–Crippen LogP) is 2.52. The smallest absolute Gasteiger partial charge is 0.193 e. The van der Waals surface area contributed by atoms with Crippen LogP contribution in [0.25, 0.3) is 0 Å². The normalized spacial score (nSPS) is 20.8. The van der Waals surface area contributed by atoms with Crippen LogP contribution in [-0.2, 0) is 16.0 Å². The van der Waals surface area contributed by atoms with Gasteiger partial charge in [-0.15, -0.1) is 0 Å². The third kappa shape index (κ3) is 6.85. The second-order valence-electron chi connectivity index (χ2n) is 8.00. The highest BCUT2D eigenvalue weighted by atomic mass is 16.5. The summed E-state index contributed by atoms with van der Waals surface area (Å²) in [5, 5.41) is 3.50. The van der Waals surface area contributed by atoms with E-state index in [-0.39, 0.29) is 0 Å². The summed E-state index contributed by atoms with van der Waals surface area (Å²) >= 11 is 0. The molecule has 7 heteroatoms. The molecule has 0 saturated carbocycles. The molecule has 0 spiro atoms. The second kappa shape index (κ2) is 12.0. The van der Waals surface area contributed by atoms with E-state index in [0.29, 0.717) is 19.1 Å². The van der Waals surface area contributed by atoms with E-state index in [1.807, 2.05) is 13.2 Å². The van der Waals surface area contributed by atoms with Crippen molar-refractivity contribution in [3.05, 3.63) is 23.9 Å². The van der Waals surface area contributed by atoms with Crippen LogP contribution < -0.4 is 10.2 Å². The molecule has 2 aliphatic rings. The standard InChI is InChI=1S/C22H37N5O2/c1-23-22(27-12-9-20(17-27)18-29-14-13-28-2)25-16-19-7-8-21(24-15-19)26-10-5-3-4-6-11-26/h7-8,15,20H,3-6,9-14,16-18H2,1-2H3,(H,23,25). The number of nitrogens with zero attached hydrogens (tertiary/aromatic N) is 4. The number of methoxy groups -OCH3 is 1. The van der Waals surface area contributed by atoms with Crippen LogP contribution in [0.3, 0.4) is 0 Å². The van der Waals surface area contributed by atoms with Crippen LogP contribution in [0.1, 0.15) is 37.7 Å². The zero-order valence-corrected chi connectivity index (χ0v) is 18.1. The molecular weight excluding hydrogens is 366 g/mol. The van der Waals surface area contributed by atoms with Gasteiger partial charge < -0.3 is 24.6 Å². The van der Waals surface area contributed by atoms with Gasteiger partial charge in [0, 0.05) is 59.0 Å². The maximum absolute atomic E-state index is 5.69. The monoisotopic (exact) mass is 403 g/mol. The molecule has 0 aliphatic carbocycles. The SMILES string of the molecule is CN=C(NCc1ccc(N2CCCCCC2)nc1)N1CCC(COCCOC)C1. The fourth-order valence-electron chi connectivity index (χ4n) is 4.07. The van der Waals surface area contributed by atoms with Crippen molar-refractivity contribution >= 4 is 11.8 Å². The van der Waals surface area contributed by atoms with Crippen LogP contribution in [0.5, 0.6) is 0 Å². The molecule has 1 aromatic rings. The Labute approximate surface area is 175 Å². The van der Waals surface area contributed by atoms with Gasteiger partial charge in [0.15, 0.2) is 5.96 Å². The Bertz CT molecular complexity index is 614. The van der Waals surface area contributed by atoms with Gasteiger partial charge in [0.1, 0.15) is 5.82 Å². The Morgan fingerprint density at radius 1 is 1.17 bits per heavy atom. The zero-order chi connectivity index (χ0) is 20.3. The Balaban J connectivity index is 1.43.